The average molecular weight is 314 g/mol. The molecule has 0 spiro atoms. The largest absolute Gasteiger partial charge is 0.318 e. The molecule has 2 unspecified atom stereocenters. The Kier molecular flexibility index (Phi) is 4.75. The van der Waals surface area contributed by atoms with Crippen LogP contribution in [0.3, 0.4) is 0 Å². The lowest BCUT2D eigenvalue weighted by atomic mass is 10.1. The highest BCUT2D eigenvalue weighted by Crippen LogP contribution is 2.31. The van der Waals surface area contributed by atoms with E-state index in [2.05, 4.69) is 17.3 Å². The van der Waals surface area contributed by atoms with E-state index in [0.29, 0.717) is 29.6 Å². The van der Waals surface area contributed by atoms with Crippen molar-refractivity contribution >= 4 is 10.0 Å². The quantitative estimate of drug-likeness (QED) is 0.885. The molecule has 6 nitrogen and oxygen atoms in total. The molecule has 0 radical (unpaired) electrons. The molecule has 0 amide bonds. The third-order valence-electron chi connectivity index (χ3n) is 4.18. The molecule has 2 heterocycles. The van der Waals surface area contributed by atoms with Crippen LogP contribution in [0.4, 0.5) is 0 Å². The fourth-order valence-corrected chi connectivity index (χ4v) is 5.34. The Morgan fingerprint density at radius 1 is 1.33 bits per heavy atom. The Morgan fingerprint density at radius 3 is 2.52 bits per heavy atom. The van der Waals surface area contributed by atoms with Crippen LogP contribution in [0.2, 0.25) is 0 Å². The molecule has 1 aromatic rings. The van der Waals surface area contributed by atoms with E-state index in [9.17, 15) is 8.42 Å². The Labute approximate surface area is 127 Å². The maximum Gasteiger partial charge on any atom is 0.246 e. The van der Waals surface area contributed by atoms with Gasteiger partial charge in [-0.2, -0.15) is 9.40 Å². The first kappa shape index (κ1) is 16.5. The first-order chi connectivity index (χ1) is 9.78. The van der Waals surface area contributed by atoms with Crippen molar-refractivity contribution in [2.45, 2.75) is 51.6 Å². The molecule has 2 rings (SSSR count). The molecule has 120 valence electrons. The van der Waals surface area contributed by atoms with Crippen molar-refractivity contribution in [1.29, 1.82) is 0 Å². The van der Waals surface area contributed by atoms with E-state index in [-0.39, 0.29) is 6.04 Å². The van der Waals surface area contributed by atoms with Crippen LogP contribution < -0.4 is 5.32 Å². The zero-order chi connectivity index (χ0) is 15.8. The van der Waals surface area contributed by atoms with Crippen LogP contribution in [0, 0.1) is 19.8 Å². The smallest absolute Gasteiger partial charge is 0.246 e. The molecule has 7 heteroatoms. The fourth-order valence-electron chi connectivity index (χ4n) is 3.20. The van der Waals surface area contributed by atoms with Gasteiger partial charge in [-0.25, -0.2) is 8.42 Å². The molecule has 0 aliphatic carbocycles. The molecule has 1 aromatic heterocycles. The van der Waals surface area contributed by atoms with Crippen LogP contribution in [0.5, 0.6) is 0 Å². The number of aryl methyl sites for hydroxylation is 1. The second-order valence-corrected chi connectivity index (χ2v) is 7.92. The SMILES string of the molecule is CNCCn1nc(C)c(S(=O)(=O)N2CC(C)CC2C)c1C. The summed E-state index contributed by atoms with van der Waals surface area (Å²) in [5.74, 6) is 0.412. The summed E-state index contributed by atoms with van der Waals surface area (Å²) >= 11 is 0. The summed E-state index contributed by atoms with van der Waals surface area (Å²) in [5.41, 5.74) is 1.32. The summed E-state index contributed by atoms with van der Waals surface area (Å²) in [6, 6.07) is 0.0597. The second kappa shape index (κ2) is 6.06. The molecular weight excluding hydrogens is 288 g/mol. The standard InChI is InChI=1S/C14H26N4O2S/c1-10-8-11(2)18(9-10)21(19,20)14-12(3)16-17(13(14)4)7-6-15-5/h10-11,15H,6-9H2,1-5H3. The molecule has 1 N–H and O–H groups in total. The molecule has 21 heavy (non-hydrogen) atoms. The van der Waals surface area contributed by atoms with E-state index in [0.717, 1.165) is 18.7 Å². The van der Waals surface area contributed by atoms with Gasteiger partial charge in [0.15, 0.2) is 0 Å². The van der Waals surface area contributed by atoms with Gasteiger partial charge in [-0.3, -0.25) is 4.68 Å². The first-order valence-corrected chi connectivity index (χ1v) is 8.93. The third-order valence-corrected chi connectivity index (χ3v) is 6.42. The van der Waals surface area contributed by atoms with Crippen molar-refractivity contribution < 1.29 is 8.42 Å². The van der Waals surface area contributed by atoms with Crippen molar-refractivity contribution in [3.8, 4) is 0 Å². The third kappa shape index (κ3) is 3.00. The van der Waals surface area contributed by atoms with E-state index in [1.807, 2.05) is 20.9 Å². The highest BCUT2D eigenvalue weighted by Gasteiger charge is 2.38. The number of hydrogen-bond donors (Lipinski definition) is 1. The molecule has 2 atom stereocenters. The Bertz CT molecular complexity index is 609. The maximum absolute atomic E-state index is 13.0. The normalized spacial score (nSPS) is 23.9. The van der Waals surface area contributed by atoms with Gasteiger partial charge in [0.25, 0.3) is 0 Å². The summed E-state index contributed by atoms with van der Waals surface area (Å²) in [6.45, 7) is 9.74. The fraction of sp³-hybridized carbons (Fsp3) is 0.786. The summed E-state index contributed by atoms with van der Waals surface area (Å²) in [5, 5.41) is 7.46. The second-order valence-electron chi connectivity index (χ2n) is 6.09. The van der Waals surface area contributed by atoms with Gasteiger partial charge in [0.05, 0.1) is 17.9 Å². The van der Waals surface area contributed by atoms with Crippen LogP contribution in [0.15, 0.2) is 4.90 Å². The minimum absolute atomic E-state index is 0.0597. The van der Waals surface area contributed by atoms with Gasteiger partial charge in [-0.1, -0.05) is 6.92 Å². The Balaban J connectivity index is 2.39. The lowest BCUT2D eigenvalue weighted by Gasteiger charge is -2.21. The number of likely N-dealkylation sites (N-methyl/N-ethyl adjacent to an activating group) is 1. The molecule has 1 aliphatic rings. The molecule has 1 fully saturated rings. The molecule has 1 aliphatic heterocycles. The van der Waals surface area contributed by atoms with Crippen LogP contribution in [-0.4, -0.2) is 48.7 Å². The van der Waals surface area contributed by atoms with Gasteiger partial charge >= 0.3 is 0 Å². The number of rotatable bonds is 5. The number of nitrogens with one attached hydrogen (secondary N) is 1. The van der Waals surface area contributed by atoms with Gasteiger partial charge in [-0.15, -0.1) is 0 Å². The van der Waals surface area contributed by atoms with Crippen LogP contribution in [-0.2, 0) is 16.6 Å². The van der Waals surface area contributed by atoms with Crippen molar-refractivity contribution in [3.63, 3.8) is 0 Å². The van der Waals surface area contributed by atoms with Crippen molar-refractivity contribution in [2.24, 2.45) is 5.92 Å². The number of sulfonamides is 1. The summed E-state index contributed by atoms with van der Waals surface area (Å²) < 4.78 is 29.4. The highest BCUT2D eigenvalue weighted by molar-refractivity contribution is 7.89. The number of nitrogens with zero attached hydrogens (tertiary/aromatic N) is 3. The maximum atomic E-state index is 13.0. The van der Waals surface area contributed by atoms with Gasteiger partial charge in [0, 0.05) is 19.1 Å². The predicted molar refractivity (Wildman–Crippen MR) is 82.8 cm³/mol. The number of hydrogen-bond acceptors (Lipinski definition) is 4. The molecule has 1 saturated heterocycles. The number of aromatic nitrogens is 2. The van der Waals surface area contributed by atoms with E-state index >= 15 is 0 Å². The van der Waals surface area contributed by atoms with E-state index in [1.54, 1.807) is 15.9 Å². The first-order valence-electron chi connectivity index (χ1n) is 7.49. The molecular formula is C14H26N4O2S. The van der Waals surface area contributed by atoms with Gasteiger partial charge in [0.2, 0.25) is 10.0 Å². The van der Waals surface area contributed by atoms with Gasteiger partial charge < -0.3 is 5.32 Å². The summed E-state index contributed by atoms with van der Waals surface area (Å²) in [7, 11) is -1.59. The topological polar surface area (TPSA) is 67.2 Å². The summed E-state index contributed by atoms with van der Waals surface area (Å²) in [4.78, 5) is 0.388. The summed E-state index contributed by atoms with van der Waals surface area (Å²) in [6.07, 6.45) is 0.922. The highest BCUT2D eigenvalue weighted by atomic mass is 32.2. The lowest BCUT2D eigenvalue weighted by Crippen LogP contribution is -2.34. The Morgan fingerprint density at radius 2 is 2.00 bits per heavy atom. The van der Waals surface area contributed by atoms with Crippen LogP contribution in [0.25, 0.3) is 0 Å². The van der Waals surface area contributed by atoms with Crippen molar-refractivity contribution in [2.75, 3.05) is 20.1 Å². The minimum Gasteiger partial charge on any atom is -0.318 e. The van der Waals surface area contributed by atoms with E-state index in [4.69, 9.17) is 0 Å². The molecule has 0 saturated carbocycles. The zero-order valence-electron chi connectivity index (χ0n) is 13.5. The van der Waals surface area contributed by atoms with Crippen molar-refractivity contribution in [3.05, 3.63) is 11.4 Å². The lowest BCUT2D eigenvalue weighted by molar-refractivity contribution is 0.405. The Hall–Kier alpha value is -0.920. The van der Waals surface area contributed by atoms with E-state index < -0.39 is 10.0 Å². The zero-order valence-corrected chi connectivity index (χ0v) is 14.4. The van der Waals surface area contributed by atoms with Gasteiger partial charge in [0.1, 0.15) is 4.90 Å². The average Bonchev–Trinajstić information content (AvgIpc) is 2.87. The van der Waals surface area contributed by atoms with Crippen LogP contribution in [0.1, 0.15) is 31.7 Å². The van der Waals surface area contributed by atoms with Crippen molar-refractivity contribution in [1.82, 2.24) is 19.4 Å². The van der Waals surface area contributed by atoms with Gasteiger partial charge in [-0.05, 0) is 40.2 Å². The predicted octanol–water partition coefficient (Wildman–Crippen LogP) is 1.14. The monoisotopic (exact) mass is 314 g/mol. The van der Waals surface area contributed by atoms with E-state index in [1.165, 1.54) is 0 Å². The van der Waals surface area contributed by atoms with Crippen LogP contribution >= 0.6 is 0 Å². The molecule has 0 bridgehead atoms. The molecule has 0 aromatic carbocycles. The minimum atomic E-state index is -3.46.